The second kappa shape index (κ2) is 7.41. The molecule has 0 saturated heterocycles. The summed E-state index contributed by atoms with van der Waals surface area (Å²) >= 11 is 1.90. The molecule has 2 rings (SSSR count). The summed E-state index contributed by atoms with van der Waals surface area (Å²) in [6.07, 6.45) is 3.98. The van der Waals surface area contributed by atoms with Crippen molar-refractivity contribution in [3.8, 4) is 0 Å². The molecule has 1 N–H and O–H groups in total. The minimum absolute atomic E-state index is 0.563. The highest BCUT2D eigenvalue weighted by atomic mass is 32.1. The van der Waals surface area contributed by atoms with E-state index in [1.807, 2.05) is 11.3 Å². The first kappa shape index (κ1) is 15.8. The smallest absolute Gasteiger partial charge is 0.185 e. The average molecular weight is 295 g/mol. The molecule has 0 amide bonds. The lowest BCUT2D eigenvalue weighted by molar-refractivity contribution is 0.674. The third-order valence-electron chi connectivity index (χ3n) is 4.16. The van der Waals surface area contributed by atoms with E-state index in [-0.39, 0.29) is 0 Å². The van der Waals surface area contributed by atoms with Crippen LogP contribution < -0.4 is 10.2 Å². The highest BCUT2D eigenvalue weighted by Crippen LogP contribution is 2.35. The molecule has 3 nitrogen and oxygen atoms in total. The summed E-state index contributed by atoms with van der Waals surface area (Å²) in [4.78, 5) is 8.90. The largest absolute Gasteiger partial charge is 0.348 e. The van der Waals surface area contributed by atoms with Gasteiger partial charge in [0.1, 0.15) is 0 Å². The standard InChI is InChI=1S/C16H29N3S/c1-5-12(4)15-14(10-17-6-2)20-16(18-15)19(7-3)11-13-8-9-13/h12-13,17H,5-11H2,1-4H3. The molecule has 0 aromatic carbocycles. The Morgan fingerprint density at radius 2 is 2.10 bits per heavy atom. The van der Waals surface area contributed by atoms with Crippen molar-refractivity contribution in [1.29, 1.82) is 0 Å². The molecule has 1 heterocycles. The maximum Gasteiger partial charge on any atom is 0.185 e. The van der Waals surface area contributed by atoms with Crippen LogP contribution in [-0.4, -0.2) is 24.6 Å². The van der Waals surface area contributed by atoms with Crippen molar-refractivity contribution in [3.63, 3.8) is 0 Å². The van der Waals surface area contributed by atoms with E-state index >= 15 is 0 Å². The maximum absolute atomic E-state index is 4.99. The summed E-state index contributed by atoms with van der Waals surface area (Å²) in [7, 11) is 0. The zero-order chi connectivity index (χ0) is 14.5. The molecule has 1 unspecified atom stereocenters. The molecule has 1 fully saturated rings. The number of anilines is 1. The van der Waals surface area contributed by atoms with Gasteiger partial charge in [0.05, 0.1) is 5.69 Å². The van der Waals surface area contributed by atoms with E-state index < -0.39 is 0 Å². The molecule has 1 aliphatic carbocycles. The fourth-order valence-electron chi connectivity index (χ4n) is 2.38. The Labute approximate surface area is 127 Å². The Morgan fingerprint density at radius 3 is 2.65 bits per heavy atom. The van der Waals surface area contributed by atoms with Crippen LogP contribution in [0.15, 0.2) is 0 Å². The number of aromatic nitrogens is 1. The third-order valence-corrected chi connectivity index (χ3v) is 5.29. The molecule has 20 heavy (non-hydrogen) atoms. The minimum atomic E-state index is 0.563. The van der Waals surface area contributed by atoms with Crippen molar-refractivity contribution in [2.45, 2.75) is 59.4 Å². The maximum atomic E-state index is 4.99. The van der Waals surface area contributed by atoms with Gasteiger partial charge >= 0.3 is 0 Å². The van der Waals surface area contributed by atoms with Gasteiger partial charge in [-0.05, 0) is 44.6 Å². The third kappa shape index (κ3) is 3.95. The fourth-order valence-corrected chi connectivity index (χ4v) is 3.61. The summed E-state index contributed by atoms with van der Waals surface area (Å²) in [5.74, 6) is 1.48. The molecule has 1 aromatic heterocycles. The van der Waals surface area contributed by atoms with Crippen molar-refractivity contribution >= 4 is 16.5 Å². The zero-order valence-electron chi connectivity index (χ0n) is 13.4. The Bertz CT molecular complexity index is 412. The molecule has 1 aliphatic rings. The van der Waals surface area contributed by atoms with Crippen molar-refractivity contribution in [2.75, 3.05) is 24.5 Å². The normalized spacial score (nSPS) is 16.4. The Balaban J connectivity index is 2.16. The van der Waals surface area contributed by atoms with Crippen LogP contribution in [0.5, 0.6) is 0 Å². The van der Waals surface area contributed by atoms with Gasteiger partial charge in [-0.3, -0.25) is 0 Å². The SMILES string of the molecule is CCNCc1sc(N(CC)CC2CC2)nc1C(C)CC. The van der Waals surface area contributed by atoms with Crippen LogP contribution in [0.3, 0.4) is 0 Å². The summed E-state index contributed by atoms with van der Waals surface area (Å²) in [6, 6.07) is 0. The van der Waals surface area contributed by atoms with Gasteiger partial charge in [0.2, 0.25) is 0 Å². The van der Waals surface area contributed by atoms with Crippen LogP contribution in [0.25, 0.3) is 0 Å². The molecular weight excluding hydrogens is 266 g/mol. The van der Waals surface area contributed by atoms with Gasteiger partial charge in [-0.15, -0.1) is 11.3 Å². The molecule has 114 valence electrons. The topological polar surface area (TPSA) is 28.2 Å². The molecule has 1 saturated carbocycles. The van der Waals surface area contributed by atoms with Gasteiger partial charge in [0.25, 0.3) is 0 Å². The van der Waals surface area contributed by atoms with Gasteiger partial charge in [0, 0.05) is 24.5 Å². The Hall–Kier alpha value is -0.610. The summed E-state index contributed by atoms with van der Waals surface area (Å²) in [5, 5.41) is 4.70. The van der Waals surface area contributed by atoms with Gasteiger partial charge in [-0.25, -0.2) is 4.98 Å². The molecule has 0 radical (unpaired) electrons. The van der Waals surface area contributed by atoms with E-state index in [0.29, 0.717) is 5.92 Å². The van der Waals surface area contributed by atoms with Crippen LogP contribution in [0.4, 0.5) is 5.13 Å². The lowest BCUT2D eigenvalue weighted by Gasteiger charge is -2.19. The van der Waals surface area contributed by atoms with Crippen molar-refractivity contribution < 1.29 is 0 Å². The second-order valence-corrected chi connectivity index (χ2v) is 6.94. The predicted molar refractivity (Wildman–Crippen MR) is 88.8 cm³/mol. The number of hydrogen-bond acceptors (Lipinski definition) is 4. The summed E-state index contributed by atoms with van der Waals surface area (Å²) in [5.41, 5.74) is 1.32. The van der Waals surface area contributed by atoms with Crippen molar-refractivity contribution in [2.24, 2.45) is 5.92 Å². The molecule has 4 heteroatoms. The van der Waals surface area contributed by atoms with Crippen LogP contribution >= 0.6 is 11.3 Å². The van der Waals surface area contributed by atoms with Crippen molar-refractivity contribution in [3.05, 3.63) is 10.6 Å². The predicted octanol–water partition coefficient (Wildman–Crippen LogP) is 4.00. The Morgan fingerprint density at radius 1 is 1.35 bits per heavy atom. The first-order valence-electron chi connectivity index (χ1n) is 8.14. The van der Waals surface area contributed by atoms with E-state index in [2.05, 4.69) is 37.9 Å². The molecule has 1 atom stereocenters. The highest BCUT2D eigenvalue weighted by molar-refractivity contribution is 7.15. The zero-order valence-corrected chi connectivity index (χ0v) is 14.2. The quantitative estimate of drug-likeness (QED) is 0.746. The molecule has 0 bridgehead atoms. The number of hydrogen-bond donors (Lipinski definition) is 1. The average Bonchev–Trinajstić information content (AvgIpc) is 3.19. The van der Waals surface area contributed by atoms with Gasteiger partial charge < -0.3 is 10.2 Å². The van der Waals surface area contributed by atoms with Gasteiger partial charge in [0.15, 0.2) is 5.13 Å². The van der Waals surface area contributed by atoms with E-state index in [4.69, 9.17) is 4.98 Å². The van der Waals surface area contributed by atoms with E-state index in [1.165, 1.54) is 35.1 Å². The van der Waals surface area contributed by atoms with Gasteiger partial charge in [-0.2, -0.15) is 0 Å². The van der Waals surface area contributed by atoms with Crippen LogP contribution in [-0.2, 0) is 6.54 Å². The fraction of sp³-hybridized carbons (Fsp3) is 0.812. The van der Waals surface area contributed by atoms with Gasteiger partial charge in [-0.1, -0.05) is 20.8 Å². The minimum Gasteiger partial charge on any atom is -0.348 e. The number of nitrogens with one attached hydrogen (secondary N) is 1. The first-order valence-corrected chi connectivity index (χ1v) is 8.96. The number of rotatable bonds is 9. The van der Waals surface area contributed by atoms with Crippen LogP contribution in [0, 0.1) is 5.92 Å². The van der Waals surface area contributed by atoms with Crippen LogP contribution in [0.1, 0.15) is 63.4 Å². The lowest BCUT2D eigenvalue weighted by atomic mass is 10.0. The summed E-state index contributed by atoms with van der Waals surface area (Å²) < 4.78 is 0. The Kier molecular flexibility index (Phi) is 5.85. The van der Waals surface area contributed by atoms with Crippen LogP contribution in [0.2, 0.25) is 0 Å². The monoisotopic (exact) mass is 295 g/mol. The highest BCUT2D eigenvalue weighted by Gasteiger charge is 2.26. The van der Waals surface area contributed by atoms with E-state index in [1.54, 1.807) is 0 Å². The number of nitrogens with zero attached hydrogens (tertiary/aromatic N) is 2. The molecule has 1 aromatic rings. The molecule has 0 spiro atoms. The lowest BCUT2D eigenvalue weighted by Crippen LogP contribution is -2.25. The first-order chi connectivity index (χ1) is 9.69. The van der Waals surface area contributed by atoms with Crippen molar-refractivity contribution in [1.82, 2.24) is 10.3 Å². The molecule has 0 aliphatic heterocycles. The van der Waals surface area contributed by atoms with E-state index in [0.717, 1.165) is 32.0 Å². The molecular formula is C16H29N3S. The van der Waals surface area contributed by atoms with E-state index in [9.17, 15) is 0 Å². The second-order valence-electron chi connectivity index (χ2n) is 5.88. The number of thiazole rings is 1. The summed E-state index contributed by atoms with van der Waals surface area (Å²) in [6.45, 7) is 13.2.